The van der Waals surface area contributed by atoms with Crippen LogP contribution in [0.5, 0.6) is 17.2 Å². The Bertz CT molecular complexity index is 1170. The Morgan fingerprint density at radius 1 is 0.605 bits per heavy atom. The van der Waals surface area contributed by atoms with Crippen molar-refractivity contribution in [3.05, 3.63) is 66.7 Å². The van der Waals surface area contributed by atoms with Gasteiger partial charge in [-0.25, -0.2) is 0 Å². The third kappa shape index (κ3) is 13.5. The average molecular weight is 605 g/mol. The van der Waals surface area contributed by atoms with Crippen LogP contribution in [0.1, 0.15) is 97.3 Å². The van der Waals surface area contributed by atoms with Gasteiger partial charge in [-0.1, -0.05) is 119 Å². The lowest BCUT2D eigenvalue weighted by atomic mass is 9.99. The summed E-state index contributed by atoms with van der Waals surface area (Å²) in [5.41, 5.74) is 4.58. The van der Waals surface area contributed by atoms with E-state index >= 15 is 0 Å². The average Bonchev–Trinajstić information content (AvgIpc) is 3.03. The molecule has 0 saturated carbocycles. The molecule has 0 radical (unpaired) electrons. The standard InChI is InChI=1S/C38H52O4S/c1-4-5-14-27-41-35-23-21-33(22-24-35)32-17-19-34(20-18-32)37-26-25-36(40-3)30-38(37)42-28-15-12-10-8-6-7-9-11-13-16-29-43-31(2)39/h17-26,30H,4-16,27-29H2,1-3H3. The minimum atomic E-state index is 0.237. The number of hydrogen-bond donors (Lipinski definition) is 0. The zero-order valence-corrected chi connectivity index (χ0v) is 27.5. The molecule has 5 heteroatoms. The molecule has 43 heavy (non-hydrogen) atoms. The number of hydrogen-bond acceptors (Lipinski definition) is 5. The quantitative estimate of drug-likeness (QED) is 0.107. The largest absolute Gasteiger partial charge is 0.497 e. The summed E-state index contributed by atoms with van der Waals surface area (Å²) in [5, 5.41) is 0.237. The third-order valence-electron chi connectivity index (χ3n) is 7.69. The van der Waals surface area contributed by atoms with Gasteiger partial charge in [0.2, 0.25) is 0 Å². The molecule has 4 nitrogen and oxygen atoms in total. The van der Waals surface area contributed by atoms with Crippen molar-refractivity contribution in [2.75, 3.05) is 26.1 Å². The number of carbonyl (C=O) groups excluding carboxylic acids is 1. The van der Waals surface area contributed by atoms with Crippen molar-refractivity contribution >= 4 is 16.9 Å². The van der Waals surface area contributed by atoms with E-state index in [1.54, 1.807) is 14.0 Å². The Morgan fingerprint density at radius 3 is 1.72 bits per heavy atom. The molecule has 3 rings (SSSR count). The fourth-order valence-electron chi connectivity index (χ4n) is 5.13. The first kappa shape index (κ1) is 34.6. The van der Waals surface area contributed by atoms with Crippen LogP contribution in [0.2, 0.25) is 0 Å². The van der Waals surface area contributed by atoms with E-state index in [2.05, 4.69) is 61.5 Å². The Hall–Kier alpha value is -2.92. The summed E-state index contributed by atoms with van der Waals surface area (Å²) < 4.78 is 17.7. The van der Waals surface area contributed by atoms with Crippen molar-refractivity contribution in [2.45, 2.75) is 97.3 Å². The summed E-state index contributed by atoms with van der Waals surface area (Å²) in [6, 6.07) is 23.2. The summed E-state index contributed by atoms with van der Waals surface area (Å²) >= 11 is 1.46. The Morgan fingerprint density at radius 2 is 1.12 bits per heavy atom. The highest BCUT2D eigenvalue weighted by Crippen LogP contribution is 2.35. The van der Waals surface area contributed by atoms with E-state index in [1.165, 1.54) is 87.1 Å². The molecule has 3 aromatic carbocycles. The molecule has 0 aliphatic carbocycles. The van der Waals surface area contributed by atoms with Crippen LogP contribution in [0.3, 0.4) is 0 Å². The molecule has 234 valence electrons. The van der Waals surface area contributed by atoms with Crippen LogP contribution < -0.4 is 14.2 Å². The van der Waals surface area contributed by atoms with Crippen LogP contribution in [0.4, 0.5) is 0 Å². The van der Waals surface area contributed by atoms with Crippen LogP contribution in [0.15, 0.2) is 66.7 Å². The zero-order chi connectivity index (χ0) is 30.5. The Kier molecular flexibility index (Phi) is 16.8. The Balaban J connectivity index is 1.40. The molecule has 0 atom stereocenters. The van der Waals surface area contributed by atoms with Crippen LogP contribution in [-0.4, -0.2) is 31.2 Å². The number of ether oxygens (including phenoxy) is 3. The van der Waals surface area contributed by atoms with Crippen LogP contribution in [0.25, 0.3) is 22.3 Å². The van der Waals surface area contributed by atoms with Gasteiger partial charge in [-0.15, -0.1) is 0 Å². The van der Waals surface area contributed by atoms with E-state index in [0.717, 1.165) is 60.0 Å². The maximum atomic E-state index is 11.0. The van der Waals surface area contributed by atoms with Gasteiger partial charge in [-0.3, -0.25) is 4.79 Å². The lowest BCUT2D eigenvalue weighted by Crippen LogP contribution is -1.99. The van der Waals surface area contributed by atoms with E-state index in [-0.39, 0.29) is 5.12 Å². The molecule has 0 fully saturated rings. The van der Waals surface area contributed by atoms with E-state index in [9.17, 15) is 4.79 Å². The van der Waals surface area contributed by atoms with E-state index in [4.69, 9.17) is 14.2 Å². The van der Waals surface area contributed by atoms with Gasteiger partial charge in [0, 0.05) is 24.3 Å². The molecule has 0 N–H and O–H groups in total. The molecule has 0 aromatic heterocycles. The first-order chi connectivity index (χ1) is 21.1. The number of unbranched alkanes of at least 4 members (excludes halogenated alkanes) is 11. The zero-order valence-electron chi connectivity index (χ0n) is 26.7. The summed E-state index contributed by atoms with van der Waals surface area (Å²) in [6.45, 7) is 5.35. The molecule has 3 aromatic rings. The van der Waals surface area contributed by atoms with Crippen molar-refractivity contribution in [1.29, 1.82) is 0 Å². The fourth-order valence-corrected chi connectivity index (χ4v) is 5.77. The number of thioether (sulfide) groups is 1. The summed E-state index contributed by atoms with van der Waals surface area (Å²) in [6.07, 6.45) is 16.0. The van der Waals surface area contributed by atoms with Gasteiger partial charge in [0.1, 0.15) is 17.2 Å². The number of carbonyl (C=O) groups is 1. The monoisotopic (exact) mass is 604 g/mol. The van der Waals surface area contributed by atoms with Gasteiger partial charge < -0.3 is 14.2 Å². The number of rotatable bonds is 22. The van der Waals surface area contributed by atoms with E-state index in [1.807, 2.05) is 12.1 Å². The lowest BCUT2D eigenvalue weighted by molar-refractivity contribution is -0.109. The highest BCUT2D eigenvalue weighted by Gasteiger charge is 2.10. The normalized spacial score (nSPS) is 11.0. The Labute approximate surface area is 264 Å². The van der Waals surface area contributed by atoms with Gasteiger partial charge in [0.25, 0.3) is 0 Å². The van der Waals surface area contributed by atoms with Crippen molar-refractivity contribution in [2.24, 2.45) is 0 Å². The molecule has 0 spiro atoms. The SMILES string of the molecule is CCCCCOc1ccc(-c2ccc(-c3ccc(OC)cc3OCCCCCCCCCCCCSC(C)=O)cc2)cc1. The minimum absolute atomic E-state index is 0.237. The molecular formula is C38H52O4S. The minimum Gasteiger partial charge on any atom is -0.497 e. The predicted octanol–water partition coefficient (Wildman–Crippen LogP) is 11.2. The summed E-state index contributed by atoms with van der Waals surface area (Å²) in [5.74, 6) is 3.59. The lowest BCUT2D eigenvalue weighted by Gasteiger charge is -2.14. The second kappa shape index (κ2) is 20.9. The van der Waals surface area contributed by atoms with Crippen LogP contribution >= 0.6 is 11.8 Å². The van der Waals surface area contributed by atoms with Crippen molar-refractivity contribution in [1.82, 2.24) is 0 Å². The molecular weight excluding hydrogens is 552 g/mol. The fraction of sp³-hybridized carbons (Fsp3) is 0.500. The van der Waals surface area contributed by atoms with E-state index < -0.39 is 0 Å². The number of benzene rings is 3. The van der Waals surface area contributed by atoms with Crippen LogP contribution in [-0.2, 0) is 4.79 Å². The summed E-state index contributed by atoms with van der Waals surface area (Å²) in [7, 11) is 1.70. The highest BCUT2D eigenvalue weighted by molar-refractivity contribution is 8.13. The maximum Gasteiger partial charge on any atom is 0.185 e. The van der Waals surface area contributed by atoms with Crippen LogP contribution in [0, 0.1) is 0 Å². The summed E-state index contributed by atoms with van der Waals surface area (Å²) in [4.78, 5) is 11.0. The van der Waals surface area contributed by atoms with Gasteiger partial charge in [-0.05, 0) is 60.2 Å². The molecule has 0 unspecified atom stereocenters. The molecule has 0 aliphatic rings. The first-order valence-corrected chi connectivity index (χ1v) is 17.4. The van der Waals surface area contributed by atoms with Gasteiger partial charge >= 0.3 is 0 Å². The van der Waals surface area contributed by atoms with Crippen molar-refractivity contribution in [3.8, 4) is 39.5 Å². The molecule has 0 amide bonds. The maximum absolute atomic E-state index is 11.0. The second-order valence-electron chi connectivity index (χ2n) is 11.2. The van der Waals surface area contributed by atoms with Gasteiger partial charge in [0.15, 0.2) is 5.12 Å². The van der Waals surface area contributed by atoms with E-state index in [0.29, 0.717) is 6.61 Å². The van der Waals surface area contributed by atoms with Gasteiger partial charge in [0.05, 0.1) is 20.3 Å². The molecule has 0 heterocycles. The first-order valence-electron chi connectivity index (χ1n) is 16.4. The topological polar surface area (TPSA) is 44.8 Å². The van der Waals surface area contributed by atoms with Gasteiger partial charge in [-0.2, -0.15) is 0 Å². The molecule has 0 aliphatic heterocycles. The molecule has 0 bridgehead atoms. The second-order valence-corrected chi connectivity index (χ2v) is 12.5. The van der Waals surface area contributed by atoms with Crippen molar-refractivity contribution < 1.29 is 19.0 Å². The molecule has 0 saturated heterocycles. The number of methoxy groups -OCH3 is 1. The highest BCUT2D eigenvalue weighted by atomic mass is 32.2. The third-order valence-corrected chi connectivity index (χ3v) is 8.59. The smallest absolute Gasteiger partial charge is 0.185 e. The predicted molar refractivity (Wildman–Crippen MR) is 184 cm³/mol. The van der Waals surface area contributed by atoms with Crippen molar-refractivity contribution in [3.63, 3.8) is 0 Å².